The van der Waals surface area contributed by atoms with Crippen LogP contribution in [0.1, 0.15) is 75.3 Å². The van der Waals surface area contributed by atoms with Crippen LogP contribution in [-0.4, -0.2) is 9.97 Å². The van der Waals surface area contributed by atoms with Gasteiger partial charge in [-0.2, -0.15) is 35.4 Å². The van der Waals surface area contributed by atoms with Gasteiger partial charge in [0.1, 0.15) is 0 Å². The van der Waals surface area contributed by atoms with Gasteiger partial charge in [0.05, 0.1) is 0 Å². The molecule has 1 aliphatic rings. The molecule has 1 aliphatic heterocycles. The van der Waals surface area contributed by atoms with Gasteiger partial charge in [0.15, 0.2) is 0 Å². The summed E-state index contributed by atoms with van der Waals surface area (Å²) in [4.78, 5) is 10.3. The number of rotatable bonds is 0. The standard InChI is InChI=1S/C31H30N2.Pt/c1-29(2)22-12-7-11-21(19-22)25-15-9-16-26(32-25)30(3,4)23-13-8-14-24(20-23)31(5,6)28-18-10-17-27(29)33-28;/h7-18H,1-6H3;/q-2;+2. The second-order valence-corrected chi connectivity index (χ2v) is 10.6. The van der Waals surface area contributed by atoms with E-state index in [9.17, 15) is 0 Å². The quantitative estimate of drug-likeness (QED) is 0.196. The van der Waals surface area contributed by atoms with E-state index in [1.165, 1.54) is 0 Å². The zero-order valence-corrected chi connectivity index (χ0v) is 22.9. The third-order valence-electron chi connectivity index (χ3n) is 7.31. The molecule has 0 saturated heterocycles. The van der Waals surface area contributed by atoms with E-state index in [1.807, 2.05) is 0 Å². The van der Waals surface area contributed by atoms with Crippen LogP contribution < -0.4 is 0 Å². The number of aromatic nitrogens is 2. The largest absolute Gasteiger partial charge is 2.00 e. The maximum Gasteiger partial charge on any atom is 2.00 e. The second-order valence-electron chi connectivity index (χ2n) is 10.6. The van der Waals surface area contributed by atoms with Crippen LogP contribution >= 0.6 is 0 Å². The maximum absolute atomic E-state index is 5.20. The van der Waals surface area contributed by atoms with Gasteiger partial charge in [-0.3, -0.25) is 4.98 Å². The Bertz CT molecular complexity index is 1250. The molecule has 0 saturated carbocycles. The third-order valence-corrected chi connectivity index (χ3v) is 7.31. The molecule has 5 rings (SSSR count). The van der Waals surface area contributed by atoms with Crippen LogP contribution in [0, 0.1) is 12.1 Å². The van der Waals surface area contributed by atoms with E-state index >= 15 is 0 Å². The van der Waals surface area contributed by atoms with Crippen molar-refractivity contribution >= 4 is 0 Å². The van der Waals surface area contributed by atoms with Gasteiger partial charge in [-0.25, -0.2) is 0 Å². The van der Waals surface area contributed by atoms with Crippen molar-refractivity contribution in [2.24, 2.45) is 0 Å². The van der Waals surface area contributed by atoms with Crippen molar-refractivity contribution in [3.63, 3.8) is 0 Å². The molecule has 3 heterocycles. The van der Waals surface area contributed by atoms with E-state index in [1.54, 1.807) is 0 Å². The Labute approximate surface area is 218 Å². The first-order valence-electron chi connectivity index (χ1n) is 11.6. The first-order chi connectivity index (χ1) is 15.6. The molecule has 0 amide bonds. The Balaban J connectivity index is 0.00000274. The van der Waals surface area contributed by atoms with Crippen molar-refractivity contribution in [1.29, 1.82) is 0 Å². The van der Waals surface area contributed by atoms with E-state index < -0.39 is 0 Å². The Morgan fingerprint density at radius 1 is 0.500 bits per heavy atom. The fourth-order valence-corrected chi connectivity index (χ4v) is 4.66. The van der Waals surface area contributed by atoms with Gasteiger partial charge in [0, 0.05) is 33.3 Å². The average molecular weight is 626 g/mol. The Morgan fingerprint density at radius 3 is 1.47 bits per heavy atom. The van der Waals surface area contributed by atoms with Crippen LogP contribution in [0.15, 0.2) is 72.8 Å². The summed E-state index contributed by atoms with van der Waals surface area (Å²) >= 11 is 0. The summed E-state index contributed by atoms with van der Waals surface area (Å²) < 4.78 is 0. The second kappa shape index (κ2) is 8.58. The fraction of sp³-hybridized carbons (Fsp3) is 0.290. The molecular formula is C31H30N2Pt. The molecule has 0 radical (unpaired) electrons. The van der Waals surface area contributed by atoms with Crippen LogP contribution in [-0.2, 0) is 37.3 Å². The van der Waals surface area contributed by atoms with E-state index in [2.05, 4.69) is 126 Å². The number of fused-ring (bicyclic) bond motifs is 9. The number of nitrogens with zero attached hydrogens (tertiary/aromatic N) is 2. The Hall–Kier alpha value is -2.57. The smallest absolute Gasteiger partial charge is 0.300 e. The van der Waals surface area contributed by atoms with E-state index in [0.29, 0.717) is 0 Å². The van der Waals surface area contributed by atoms with E-state index in [4.69, 9.17) is 9.97 Å². The van der Waals surface area contributed by atoms with Crippen LogP contribution in [0.4, 0.5) is 0 Å². The summed E-state index contributed by atoms with van der Waals surface area (Å²) in [5.74, 6) is 0. The van der Waals surface area contributed by atoms with E-state index in [-0.39, 0.29) is 37.3 Å². The van der Waals surface area contributed by atoms with Crippen molar-refractivity contribution in [3.8, 4) is 11.3 Å². The molecule has 34 heavy (non-hydrogen) atoms. The van der Waals surface area contributed by atoms with Crippen molar-refractivity contribution in [2.45, 2.75) is 57.8 Å². The van der Waals surface area contributed by atoms with Crippen molar-refractivity contribution < 1.29 is 21.1 Å². The molecule has 2 nitrogen and oxygen atoms in total. The summed E-state index contributed by atoms with van der Waals surface area (Å²) in [6.45, 7) is 13.4. The minimum atomic E-state index is -0.301. The molecule has 0 fully saturated rings. The molecule has 2 aromatic carbocycles. The Kier molecular flexibility index (Phi) is 6.19. The first kappa shape index (κ1) is 24.5. The molecule has 0 aliphatic carbocycles. The van der Waals surface area contributed by atoms with Gasteiger partial charge in [-0.1, -0.05) is 59.7 Å². The van der Waals surface area contributed by atoms with Gasteiger partial charge in [-0.15, -0.1) is 35.4 Å². The summed E-state index contributed by atoms with van der Waals surface area (Å²) in [6.07, 6.45) is 0. The summed E-state index contributed by atoms with van der Waals surface area (Å²) in [5, 5.41) is 0. The fourth-order valence-electron chi connectivity index (χ4n) is 4.66. The molecule has 0 atom stereocenters. The molecular weight excluding hydrogens is 595 g/mol. The van der Waals surface area contributed by atoms with Gasteiger partial charge >= 0.3 is 21.1 Å². The number of pyridine rings is 2. The van der Waals surface area contributed by atoms with Crippen molar-refractivity contribution in [3.05, 3.63) is 119 Å². The maximum atomic E-state index is 5.20. The predicted octanol–water partition coefficient (Wildman–Crippen LogP) is 7.03. The topological polar surface area (TPSA) is 25.8 Å². The van der Waals surface area contributed by atoms with Gasteiger partial charge in [-0.05, 0) is 23.9 Å². The molecule has 4 aromatic rings. The molecule has 0 spiro atoms. The normalized spacial score (nSPS) is 17.0. The summed E-state index contributed by atoms with van der Waals surface area (Å²) in [6, 6.07) is 32.9. The average Bonchev–Trinajstić information content (AvgIpc) is 2.84. The van der Waals surface area contributed by atoms with Gasteiger partial charge in [0.25, 0.3) is 0 Å². The van der Waals surface area contributed by atoms with Gasteiger partial charge in [0.2, 0.25) is 0 Å². The van der Waals surface area contributed by atoms with Crippen molar-refractivity contribution in [1.82, 2.24) is 9.97 Å². The summed E-state index contributed by atoms with van der Waals surface area (Å²) in [5.41, 5.74) is 7.52. The summed E-state index contributed by atoms with van der Waals surface area (Å²) in [7, 11) is 0. The molecule has 0 N–H and O–H groups in total. The van der Waals surface area contributed by atoms with Crippen LogP contribution in [0.2, 0.25) is 0 Å². The van der Waals surface area contributed by atoms with E-state index in [0.717, 1.165) is 45.0 Å². The zero-order valence-electron chi connectivity index (χ0n) is 20.6. The molecule has 174 valence electrons. The van der Waals surface area contributed by atoms with Crippen LogP contribution in [0.5, 0.6) is 0 Å². The number of benzene rings is 2. The molecule has 2 aromatic heterocycles. The molecule has 3 heteroatoms. The SMILES string of the molecule is CC1(C)c2[c-]c(ccc2)C(C)(C)c2cccc(n2)C(C)(C)c2[c-]c(ccc2)-c2cccc1n2.[Pt+2]. The van der Waals surface area contributed by atoms with Gasteiger partial charge < -0.3 is 4.98 Å². The third kappa shape index (κ3) is 3.97. The first-order valence-corrected chi connectivity index (χ1v) is 11.6. The number of hydrogen-bond acceptors (Lipinski definition) is 2. The molecule has 8 bridgehead atoms. The van der Waals surface area contributed by atoms with Crippen molar-refractivity contribution in [2.75, 3.05) is 0 Å². The number of hydrogen-bond donors (Lipinski definition) is 0. The van der Waals surface area contributed by atoms with Crippen LogP contribution in [0.3, 0.4) is 0 Å². The zero-order chi connectivity index (χ0) is 23.4. The Morgan fingerprint density at radius 2 is 0.912 bits per heavy atom. The minimum absolute atomic E-state index is 0. The predicted molar refractivity (Wildman–Crippen MR) is 134 cm³/mol. The van der Waals surface area contributed by atoms with Crippen LogP contribution in [0.25, 0.3) is 11.3 Å². The minimum Gasteiger partial charge on any atom is -0.300 e. The monoisotopic (exact) mass is 625 g/mol. The molecule has 0 unspecified atom stereocenters.